The van der Waals surface area contributed by atoms with E-state index in [1.165, 1.54) is 0 Å². The highest BCUT2D eigenvalue weighted by atomic mass is 14.9. The van der Waals surface area contributed by atoms with Crippen LogP contribution in [0.4, 0.5) is 0 Å². The molecule has 0 bridgehead atoms. The molecule has 14 heavy (non-hydrogen) atoms. The van der Waals surface area contributed by atoms with Gasteiger partial charge in [-0.25, -0.2) is 19.9 Å². The molecule has 0 aliphatic rings. The van der Waals surface area contributed by atoms with Crippen LogP contribution in [0.15, 0.2) is 24.8 Å². The summed E-state index contributed by atoms with van der Waals surface area (Å²) < 4.78 is 0. The second-order valence-corrected chi connectivity index (χ2v) is 3.04. The molecule has 2 rings (SSSR count). The monoisotopic (exact) mass is 186 g/mol. The van der Waals surface area contributed by atoms with Gasteiger partial charge in [0.1, 0.15) is 11.6 Å². The molecule has 0 atom stereocenters. The number of rotatable bonds is 1. The fourth-order valence-corrected chi connectivity index (χ4v) is 1.08. The van der Waals surface area contributed by atoms with Crippen LogP contribution in [-0.4, -0.2) is 19.9 Å². The Morgan fingerprint density at radius 1 is 0.643 bits per heavy atom. The first kappa shape index (κ1) is 8.74. The summed E-state index contributed by atoms with van der Waals surface area (Å²) in [6, 6.07) is 0. The highest BCUT2D eigenvalue weighted by Gasteiger charge is 1.99. The molecule has 0 aromatic carbocycles. The molecule has 0 unspecified atom stereocenters. The maximum atomic E-state index is 4.11. The van der Waals surface area contributed by atoms with Crippen molar-refractivity contribution in [2.75, 3.05) is 0 Å². The third kappa shape index (κ3) is 1.74. The number of hydrogen-bond donors (Lipinski definition) is 0. The van der Waals surface area contributed by atoms with Crippen molar-refractivity contribution in [2.45, 2.75) is 13.8 Å². The first-order valence-corrected chi connectivity index (χ1v) is 4.33. The van der Waals surface area contributed by atoms with Gasteiger partial charge in [-0.05, 0) is 13.8 Å². The first-order chi connectivity index (χ1) is 6.75. The Hall–Kier alpha value is -1.84. The molecule has 0 fully saturated rings. The summed E-state index contributed by atoms with van der Waals surface area (Å²) in [4.78, 5) is 16.4. The molecule has 0 aliphatic carbocycles. The molecular formula is C10H10N4. The van der Waals surface area contributed by atoms with Crippen molar-refractivity contribution < 1.29 is 0 Å². The largest absolute Gasteiger partial charge is 0.241 e. The van der Waals surface area contributed by atoms with E-state index in [1.807, 2.05) is 13.8 Å². The van der Waals surface area contributed by atoms with Gasteiger partial charge in [-0.2, -0.15) is 0 Å². The van der Waals surface area contributed by atoms with E-state index >= 15 is 0 Å². The van der Waals surface area contributed by atoms with Crippen LogP contribution in [0.5, 0.6) is 0 Å². The molecule has 70 valence electrons. The minimum absolute atomic E-state index is 0.766. The fraction of sp³-hybridized carbons (Fsp3) is 0.200. The predicted molar refractivity (Wildman–Crippen MR) is 52.5 cm³/mol. The lowest BCUT2D eigenvalue weighted by atomic mass is 10.2. The third-order valence-corrected chi connectivity index (χ3v) is 1.90. The molecule has 4 heteroatoms. The van der Waals surface area contributed by atoms with Crippen molar-refractivity contribution >= 4 is 0 Å². The van der Waals surface area contributed by atoms with Crippen molar-refractivity contribution in [3.05, 3.63) is 36.4 Å². The molecule has 0 amide bonds. The average molecular weight is 186 g/mol. The molecular weight excluding hydrogens is 176 g/mol. The van der Waals surface area contributed by atoms with Crippen LogP contribution in [-0.2, 0) is 0 Å². The van der Waals surface area contributed by atoms with Gasteiger partial charge in [0.25, 0.3) is 0 Å². The van der Waals surface area contributed by atoms with E-state index in [1.54, 1.807) is 24.8 Å². The van der Waals surface area contributed by atoms with Crippen molar-refractivity contribution in [2.24, 2.45) is 0 Å². The fourth-order valence-electron chi connectivity index (χ4n) is 1.08. The summed E-state index contributed by atoms with van der Waals surface area (Å²) in [7, 11) is 0. The van der Waals surface area contributed by atoms with E-state index in [0.29, 0.717) is 0 Å². The van der Waals surface area contributed by atoms with Crippen LogP contribution >= 0.6 is 0 Å². The summed E-state index contributed by atoms with van der Waals surface area (Å²) in [5.41, 5.74) is 1.88. The molecule has 0 N–H and O–H groups in total. The number of nitrogens with zero attached hydrogens (tertiary/aromatic N) is 4. The van der Waals surface area contributed by atoms with Gasteiger partial charge in [-0.3, -0.25) is 0 Å². The van der Waals surface area contributed by atoms with Gasteiger partial charge >= 0.3 is 0 Å². The van der Waals surface area contributed by atoms with Gasteiger partial charge in [0, 0.05) is 35.9 Å². The Bertz CT molecular complexity index is 375. The maximum Gasteiger partial charge on any atom is 0.125 e. The smallest absolute Gasteiger partial charge is 0.125 e. The van der Waals surface area contributed by atoms with Crippen LogP contribution in [0.25, 0.3) is 11.1 Å². The zero-order chi connectivity index (χ0) is 9.97. The quantitative estimate of drug-likeness (QED) is 0.678. The van der Waals surface area contributed by atoms with Crippen molar-refractivity contribution in [3.63, 3.8) is 0 Å². The van der Waals surface area contributed by atoms with E-state index in [-0.39, 0.29) is 0 Å². The van der Waals surface area contributed by atoms with Gasteiger partial charge in [-0.1, -0.05) is 0 Å². The highest BCUT2D eigenvalue weighted by Crippen LogP contribution is 2.14. The lowest BCUT2D eigenvalue weighted by Gasteiger charge is -1.99. The predicted octanol–water partition coefficient (Wildman–Crippen LogP) is 1.55. The van der Waals surface area contributed by atoms with E-state index in [4.69, 9.17) is 0 Å². The topological polar surface area (TPSA) is 51.6 Å². The lowest BCUT2D eigenvalue weighted by Crippen LogP contribution is -1.90. The van der Waals surface area contributed by atoms with Crippen molar-refractivity contribution in [1.29, 1.82) is 0 Å². The molecule has 0 radical (unpaired) electrons. The minimum atomic E-state index is 0.766. The highest BCUT2D eigenvalue weighted by molar-refractivity contribution is 5.58. The summed E-state index contributed by atoms with van der Waals surface area (Å²) >= 11 is 0. The van der Waals surface area contributed by atoms with Gasteiger partial charge in [-0.15, -0.1) is 0 Å². The van der Waals surface area contributed by atoms with Crippen LogP contribution in [0.2, 0.25) is 0 Å². The second kappa shape index (κ2) is 3.49. The zero-order valence-electron chi connectivity index (χ0n) is 8.10. The molecule has 0 saturated carbocycles. The van der Waals surface area contributed by atoms with Crippen LogP contribution < -0.4 is 0 Å². The molecule has 2 aromatic heterocycles. The first-order valence-electron chi connectivity index (χ1n) is 4.33. The third-order valence-electron chi connectivity index (χ3n) is 1.90. The van der Waals surface area contributed by atoms with E-state index < -0.39 is 0 Å². The Morgan fingerprint density at radius 2 is 0.929 bits per heavy atom. The SMILES string of the molecule is Cc1ncc(-c2cnc(C)nc2)cn1. The number of hydrogen-bond acceptors (Lipinski definition) is 4. The van der Waals surface area contributed by atoms with Crippen molar-refractivity contribution in [3.8, 4) is 11.1 Å². The number of aromatic nitrogens is 4. The Morgan fingerprint density at radius 3 is 1.21 bits per heavy atom. The Labute approximate surface area is 82.1 Å². The molecule has 2 heterocycles. The van der Waals surface area contributed by atoms with E-state index in [2.05, 4.69) is 19.9 Å². The molecule has 0 saturated heterocycles. The van der Waals surface area contributed by atoms with Gasteiger partial charge < -0.3 is 0 Å². The lowest BCUT2D eigenvalue weighted by molar-refractivity contribution is 1.04. The Balaban J connectivity index is 2.40. The van der Waals surface area contributed by atoms with Crippen molar-refractivity contribution in [1.82, 2.24) is 19.9 Å². The van der Waals surface area contributed by atoms with Gasteiger partial charge in [0.05, 0.1) is 0 Å². The minimum Gasteiger partial charge on any atom is -0.241 e. The standard InChI is InChI=1S/C10H10N4/c1-7-11-3-9(4-12-7)10-5-13-8(2)14-6-10/h3-6H,1-2H3. The van der Waals surface area contributed by atoms with E-state index in [0.717, 1.165) is 22.8 Å². The second-order valence-electron chi connectivity index (χ2n) is 3.04. The summed E-state index contributed by atoms with van der Waals surface area (Å²) in [6.45, 7) is 3.71. The summed E-state index contributed by atoms with van der Waals surface area (Å²) in [5.74, 6) is 1.53. The molecule has 0 spiro atoms. The molecule has 4 nitrogen and oxygen atoms in total. The zero-order valence-corrected chi connectivity index (χ0v) is 8.10. The van der Waals surface area contributed by atoms with Crippen LogP contribution in [0, 0.1) is 13.8 Å². The Kier molecular flexibility index (Phi) is 2.18. The molecule has 2 aromatic rings. The van der Waals surface area contributed by atoms with E-state index in [9.17, 15) is 0 Å². The maximum absolute atomic E-state index is 4.11. The molecule has 0 aliphatic heterocycles. The normalized spacial score (nSPS) is 10.1. The van der Waals surface area contributed by atoms with Gasteiger partial charge in [0.15, 0.2) is 0 Å². The van der Waals surface area contributed by atoms with Crippen LogP contribution in [0.1, 0.15) is 11.6 Å². The van der Waals surface area contributed by atoms with Crippen LogP contribution in [0.3, 0.4) is 0 Å². The summed E-state index contributed by atoms with van der Waals surface area (Å²) in [6.07, 6.45) is 7.10. The summed E-state index contributed by atoms with van der Waals surface area (Å²) in [5, 5.41) is 0. The van der Waals surface area contributed by atoms with Gasteiger partial charge in [0.2, 0.25) is 0 Å². The average Bonchev–Trinajstić information content (AvgIpc) is 2.21. The number of aryl methyl sites for hydroxylation is 2.